The average Bonchev–Trinajstić information content (AvgIpc) is 3.24. The number of benzene rings is 1. The number of nitrogens with zero attached hydrogens (tertiary/aromatic N) is 2. The molecule has 1 aromatic carbocycles. The summed E-state index contributed by atoms with van der Waals surface area (Å²) in [6.45, 7) is 4.94. The molecule has 1 aromatic heterocycles. The molecule has 0 aliphatic carbocycles. The van der Waals surface area contributed by atoms with E-state index in [9.17, 15) is 4.79 Å². The van der Waals surface area contributed by atoms with Crippen molar-refractivity contribution in [2.75, 3.05) is 32.6 Å². The van der Waals surface area contributed by atoms with Gasteiger partial charge in [-0.2, -0.15) is 0 Å². The van der Waals surface area contributed by atoms with Gasteiger partial charge >= 0.3 is 0 Å². The predicted molar refractivity (Wildman–Crippen MR) is 98.9 cm³/mol. The van der Waals surface area contributed by atoms with Gasteiger partial charge in [0.05, 0.1) is 26.5 Å². The first-order valence-corrected chi connectivity index (χ1v) is 9.14. The summed E-state index contributed by atoms with van der Waals surface area (Å²) in [5.41, 5.74) is 1.44. The van der Waals surface area contributed by atoms with Gasteiger partial charge in [0.25, 0.3) is 5.91 Å². The van der Waals surface area contributed by atoms with Gasteiger partial charge in [0, 0.05) is 11.8 Å². The molecule has 0 spiro atoms. The third kappa shape index (κ3) is 4.11. The van der Waals surface area contributed by atoms with Gasteiger partial charge in [-0.15, -0.1) is 11.3 Å². The molecule has 1 N–H and O–H groups in total. The monoisotopic (exact) mass is 361 g/mol. The summed E-state index contributed by atoms with van der Waals surface area (Å²) in [5, 5.41) is 3.91. The van der Waals surface area contributed by atoms with Crippen molar-refractivity contribution in [2.24, 2.45) is 0 Å². The topological polar surface area (TPSA) is 63.7 Å². The van der Waals surface area contributed by atoms with Gasteiger partial charge < -0.3 is 14.8 Å². The highest BCUT2D eigenvalue weighted by Gasteiger charge is 2.19. The van der Waals surface area contributed by atoms with Gasteiger partial charge in [-0.3, -0.25) is 9.69 Å². The first-order chi connectivity index (χ1) is 12.1. The lowest BCUT2D eigenvalue weighted by Crippen LogP contribution is -2.18. The molecule has 7 heteroatoms. The van der Waals surface area contributed by atoms with Crippen molar-refractivity contribution in [2.45, 2.75) is 26.3 Å². The number of aromatic nitrogens is 1. The zero-order chi connectivity index (χ0) is 17.8. The number of rotatable bonds is 6. The highest BCUT2D eigenvalue weighted by molar-refractivity contribution is 7.13. The normalized spacial score (nSPS) is 14.5. The van der Waals surface area contributed by atoms with Crippen LogP contribution in [0.1, 0.15) is 33.2 Å². The fourth-order valence-corrected chi connectivity index (χ4v) is 3.97. The number of aryl methyl sites for hydroxylation is 1. The van der Waals surface area contributed by atoms with Gasteiger partial charge in [0.2, 0.25) is 0 Å². The molecular weight excluding hydrogens is 338 g/mol. The van der Waals surface area contributed by atoms with Gasteiger partial charge in [-0.25, -0.2) is 4.98 Å². The van der Waals surface area contributed by atoms with E-state index in [0.29, 0.717) is 22.1 Å². The smallest absolute Gasteiger partial charge is 0.267 e. The van der Waals surface area contributed by atoms with Crippen LogP contribution in [0, 0.1) is 6.92 Å². The van der Waals surface area contributed by atoms with Gasteiger partial charge in [-0.05, 0) is 45.0 Å². The van der Waals surface area contributed by atoms with Crippen LogP contribution in [0.2, 0.25) is 0 Å². The minimum atomic E-state index is -0.144. The minimum absolute atomic E-state index is 0.144. The fraction of sp³-hybridized carbons (Fsp3) is 0.444. The van der Waals surface area contributed by atoms with Crippen LogP contribution >= 0.6 is 11.3 Å². The summed E-state index contributed by atoms with van der Waals surface area (Å²) in [7, 11) is 3.15. The Balaban J connectivity index is 1.71. The molecule has 0 saturated carbocycles. The van der Waals surface area contributed by atoms with E-state index in [-0.39, 0.29) is 5.91 Å². The first kappa shape index (κ1) is 17.7. The number of hydrogen-bond donors (Lipinski definition) is 1. The molecule has 134 valence electrons. The second-order valence-corrected chi connectivity index (χ2v) is 7.11. The van der Waals surface area contributed by atoms with Crippen molar-refractivity contribution in [3.63, 3.8) is 0 Å². The molecule has 0 bridgehead atoms. The van der Waals surface area contributed by atoms with E-state index in [1.165, 1.54) is 24.2 Å². The maximum absolute atomic E-state index is 12.6. The van der Waals surface area contributed by atoms with E-state index in [4.69, 9.17) is 9.47 Å². The van der Waals surface area contributed by atoms with E-state index in [1.807, 2.05) is 6.92 Å². The van der Waals surface area contributed by atoms with Gasteiger partial charge in [0.15, 0.2) is 11.5 Å². The zero-order valence-corrected chi connectivity index (χ0v) is 15.6. The number of carbonyl (C=O) groups excluding carboxylic acids is 1. The molecule has 1 fully saturated rings. The number of ether oxygens (including phenoxy) is 2. The van der Waals surface area contributed by atoms with Crippen molar-refractivity contribution in [1.29, 1.82) is 0 Å². The van der Waals surface area contributed by atoms with E-state index in [0.717, 1.165) is 30.3 Å². The number of carbonyl (C=O) groups is 1. The summed E-state index contributed by atoms with van der Waals surface area (Å²) < 4.78 is 10.5. The summed E-state index contributed by atoms with van der Waals surface area (Å²) in [4.78, 5) is 20.2. The van der Waals surface area contributed by atoms with Crippen molar-refractivity contribution in [1.82, 2.24) is 9.88 Å². The molecule has 1 aliphatic rings. The third-order valence-electron chi connectivity index (χ3n) is 4.25. The van der Waals surface area contributed by atoms with E-state index >= 15 is 0 Å². The number of amides is 1. The number of thiazole rings is 1. The summed E-state index contributed by atoms with van der Waals surface area (Å²) in [6, 6.07) is 5.31. The molecule has 2 aromatic rings. The van der Waals surface area contributed by atoms with Crippen molar-refractivity contribution in [3.05, 3.63) is 33.8 Å². The first-order valence-electron chi connectivity index (χ1n) is 8.32. The number of nitrogens with one attached hydrogen (secondary N) is 1. The van der Waals surface area contributed by atoms with Crippen LogP contribution < -0.4 is 14.8 Å². The second kappa shape index (κ2) is 7.84. The molecule has 0 atom stereocenters. The molecule has 3 rings (SSSR count). The molecule has 1 saturated heterocycles. The second-order valence-electron chi connectivity index (χ2n) is 6.03. The Morgan fingerprint density at radius 1 is 1.24 bits per heavy atom. The van der Waals surface area contributed by atoms with Crippen LogP contribution in [0.15, 0.2) is 18.2 Å². The Labute approximate surface area is 151 Å². The van der Waals surface area contributed by atoms with E-state index in [2.05, 4.69) is 15.2 Å². The Morgan fingerprint density at radius 3 is 2.64 bits per heavy atom. The molecule has 1 amide bonds. The number of anilines is 1. The van der Waals surface area contributed by atoms with Gasteiger partial charge in [-0.1, -0.05) is 0 Å². The maximum Gasteiger partial charge on any atom is 0.267 e. The standard InChI is InChI=1S/C18H23N3O3S/c1-12-17(25-16(19-12)11-21-8-4-5-9-21)18(22)20-13-6-7-14(23-2)15(10-13)24-3/h6-7,10H,4-5,8-9,11H2,1-3H3,(H,20,22). The minimum Gasteiger partial charge on any atom is -0.493 e. The Kier molecular flexibility index (Phi) is 5.55. The van der Waals surface area contributed by atoms with Crippen LogP contribution in [0.4, 0.5) is 5.69 Å². The number of methoxy groups -OCH3 is 2. The summed E-state index contributed by atoms with van der Waals surface area (Å²) >= 11 is 1.47. The van der Waals surface area contributed by atoms with Crippen LogP contribution in [0.25, 0.3) is 0 Å². The highest BCUT2D eigenvalue weighted by Crippen LogP contribution is 2.30. The van der Waals surface area contributed by atoms with Crippen molar-refractivity contribution in [3.8, 4) is 11.5 Å². The molecule has 1 aliphatic heterocycles. The molecular formula is C18H23N3O3S. The largest absolute Gasteiger partial charge is 0.493 e. The highest BCUT2D eigenvalue weighted by atomic mass is 32.1. The van der Waals surface area contributed by atoms with Crippen LogP contribution in [0.5, 0.6) is 11.5 Å². The number of likely N-dealkylation sites (tertiary alicyclic amines) is 1. The predicted octanol–water partition coefficient (Wildman–Crippen LogP) is 3.32. The van der Waals surface area contributed by atoms with Crippen LogP contribution in [-0.4, -0.2) is 43.1 Å². The average molecular weight is 361 g/mol. The lowest BCUT2D eigenvalue weighted by molar-refractivity contribution is 0.103. The Hall–Kier alpha value is -2.12. The van der Waals surface area contributed by atoms with Crippen molar-refractivity contribution < 1.29 is 14.3 Å². The molecule has 6 nitrogen and oxygen atoms in total. The van der Waals surface area contributed by atoms with Gasteiger partial charge in [0.1, 0.15) is 9.88 Å². The SMILES string of the molecule is COc1ccc(NC(=O)c2sc(CN3CCCC3)nc2C)cc1OC. The molecule has 2 heterocycles. The quantitative estimate of drug-likeness (QED) is 0.855. The summed E-state index contributed by atoms with van der Waals surface area (Å²) in [6.07, 6.45) is 2.49. The molecule has 0 unspecified atom stereocenters. The Bertz CT molecular complexity index is 754. The summed E-state index contributed by atoms with van der Waals surface area (Å²) in [5.74, 6) is 1.06. The third-order valence-corrected chi connectivity index (χ3v) is 5.39. The lowest BCUT2D eigenvalue weighted by Gasteiger charge is -2.11. The fourth-order valence-electron chi connectivity index (χ4n) is 2.96. The lowest BCUT2D eigenvalue weighted by atomic mass is 10.2. The Morgan fingerprint density at radius 2 is 1.96 bits per heavy atom. The van der Waals surface area contributed by atoms with Crippen LogP contribution in [-0.2, 0) is 6.54 Å². The number of hydrogen-bond acceptors (Lipinski definition) is 6. The van der Waals surface area contributed by atoms with E-state index in [1.54, 1.807) is 32.4 Å². The maximum atomic E-state index is 12.6. The van der Waals surface area contributed by atoms with Crippen LogP contribution in [0.3, 0.4) is 0 Å². The molecule has 0 radical (unpaired) electrons. The van der Waals surface area contributed by atoms with E-state index < -0.39 is 0 Å². The molecule has 25 heavy (non-hydrogen) atoms. The van der Waals surface area contributed by atoms with Crippen molar-refractivity contribution >= 4 is 22.9 Å². The zero-order valence-electron chi connectivity index (χ0n) is 14.8.